The van der Waals surface area contributed by atoms with Gasteiger partial charge in [-0.05, 0) is 40.5 Å². The van der Waals surface area contributed by atoms with Crippen molar-refractivity contribution in [1.82, 2.24) is 5.16 Å². The van der Waals surface area contributed by atoms with Crippen LogP contribution in [0.25, 0.3) is 0 Å². The molecule has 0 unspecified atom stereocenters. The number of Topliss-reactive ketones (excluding diaryl/α,β-unsaturated/α-hetero) is 1. The van der Waals surface area contributed by atoms with Crippen LogP contribution < -0.4 is 0 Å². The first-order valence-corrected chi connectivity index (χ1v) is 15.7. The van der Waals surface area contributed by atoms with E-state index in [1.165, 1.54) is 19.9 Å². The van der Waals surface area contributed by atoms with Crippen molar-refractivity contribution in [3.63, 3.8) is 0 Å². The largest absolute Gasteiger partial charge is 0.464 e. The van der Waals surface area contributed by atoms with Crippen LogP contribution in [-0.4, -0.2) is 73.7 Å². The van der Waals surface area contributed by atoms with Gasteiger partial charge in [0.05, 0.1) is 23.6 Å². The Hall–Kier alpha value is -2.17. The van der Waals surface area contributed by atoms with Crippen LogP contribution >= 0.6 is 0 Å². The van der Waals surface area contributed by atoms with E-state index in [2.05, 4.69) is 5.16 Å². The molecule has 1 aromatic rings. The Kier molecular flexibility index (Phi) is 11.3. The first kappa shape index (κ1) is 36.9. The van der Waals surface area contributed by atoms with Crippen LogP contribution in [0.3, 0.4) is 0 Å². The number of halogens is 6. The number of aromatic nitrogens is 1. The first-order valence-electron chi connectivity index (χ1n) is 12.4. The van der Waals surface area contributed by atoms with E-state index in [0.29, 0.717) is 0 Å². The van der Waals surface area contributed by atoms with E-state index in [0.717, 1.165) is 27.7 Å². The van der Waals surface area contributed by atoms with Gasteiger partial charge in [0.25, 0.3) is 0 Å². The third kappa shape index (κ3) is 10.3. The number of carbonyl (C=O) groups is 2. The Labute approximate surface area is 235 Å². The molecule has 17 heteroatoms. The quantitative estimate of drug-likeness (QED) is 0.197. The van der Waals surface area contributed by atoms with Crippen LogP contribution in [-0.2, 0) is 45.8 Å². The molecule has 0 aromatic carbocycles. The van der Waals surface area contributed by atoms with Crippen molar-refractivity contribution in [1.29, 1.82) is 0 Å². The van der Waals surface area contributed by atoms with E-state index in [-0.39, 0.29) is 11.5 Å². The number of ketones is 1. The molecule has 0 radical (unpaired) electrons. The van der Waals surface area contributed by atoms with E-state index in [4.69, 9.17) is 9.26 Å². The van der Waals surface area contributed by atoms with Crippen molar-refractivity contribution in [2.75, 3.05) is 18.1 Å². The Morgan fingerprint density at radius 3 is 1.68 bits per heavy atom. The average molecular weight is 644 g/mol. The van der Waals surface area contributed by atoms with E-state index < -0.39 is 109 Å². The van der Waals surface area contributed by atoms with E-state index >= 15 is 0 Å². The van der Waals surface area contributed by atoms with E-state index in [1.54, 1.807) is 0 Å². The fourth-order valence-electron chi connectivity index (χ4n) is 3.32. The molecule has 0 spiro atoms. The Morgan fingerprint density at radius 2 is 1.24 bits per heavy atom. The molecule has 0 atom stereocenters. The summed E-state index contributed by atoms with van der Waals surface area (Å²) in [5.41, 5.74) is -0.972. The molecule has 0 aliphatic heterocycles. The van der Waals surface area contributed by atoms with Crippen LogP contribution in [0.4, 0.5) is 26.3 Å². The van der Waals surface area contributed by atoms with Crippen LogP contribution in [0.5, 0.6) is 0 Å². The third-order valence-corrected chi connectivity index (χ3v) is 11.8. The lowest BCUT2D eigenvalue weighted by atomic mass is 9.90. The van der Waals surface area contributed by atoms with Crippen LogP contribution in [0.2, 0.25) is 0 Å². The molecule has 41 heavy (non-hydrogen) atoms. The van der Waals surface area contributed by atoms with Gasteiger partial charge in [-0.15, -0.1) is 0 Å². The monoisotopic (exact) mass is 643 g/mol. The van der Waals surface area contributed by atoms with E-state index in [1.807, 2.05) is 0 Å². The molecule has 1 aromatic heterocycles. The minimum absolute atomic E-state index is 0.0736. The highest BCUT2D eigenvalue weighted by Crippen LogP contribution is 2.30. The molecule has 0 amide bonds. The lowest BCUT2D eigenvalue weighted by Gasteiger charge is -2.27. The number of ether oxygens (including phenoxy) is 1. The van der Waals surface area contributed by atoms with Gasteiger partial charge in [-0.2, -0.15) is 26.3 Å². The summed E-state index contributed by atoms with van der Waals surface area (Å²) in [5, 5.41) is 3.80. The molecular formula is C24H35F6NO8S2. The zero-order chi connectivity index (χ0) is 32.3. The summed E-state index contributed by atoms with van der Waals surface area (Å²) in [6, 6.07) is 1.29. The normalized spacial score (nSPS) is 14.2. The Morgan fingerprint density at radius 1 is 0.805 bits per heavy atom. The summed E-state index contributed by atoms with van der Waals surface area (Å²) in [6.07, 6.45) is -13.7. The van der Waals surface area contributed by atoms with Crippen molar-refractivity contribution in [2.45, 2.75) is 101 Å². The third-order valence-electron chi connectivity index (χ3n) is 6.62. The minimum atomic E-state index is -4.55. The maximum Gasteiger partial charge on any atom is 0.389 e. The number of nitrogens with zero attached hydrogens (tertiary/aromatic N) is 1. The summed E-state index contributed by atoms with van der Waals surface area (Å²) in [5.74, 6) is -3.86. The second-order valence-electron chi connectivity index (χ2n) is 11.3. The van der Waals surface area contributed by atoms with Gasteiger partial charge in [-0.3, -0.25) is 9.59 Å². The molecule has 0 fully saturated rings. The average Bonchev–Trinajstić information content (AvgIpc) is 3.24. The van der Waals surface area contributed by atoms with Gasteiger partial charge in [-0.1, -0.05) is 19.0 Å². The second-order valence-corrected chi connectivity index (χ2v) is 16.7. The van der Waals surface area contributed by atoms with Crippen molar-refractivity contribution in [2.24, 2.45) is 0 Å². The zero-order valence-electron chi connectivity index (χ0n) is 23.5. The molecule has 238 valence electrons. The van der Waals surface area contributed by atoms with Gasteiger partial charge in [0.15, 0.2) is 30.2 Å². The van der Waals surface area contributed by atoms with Crippen molar-refractivity contribution >= 4 is 31.4 Å². The lowest BCUT2D eigenvalue weighted by molar-refractivity contribution is -0.147. The van der Waals surface area contributed by atoms with Crippen LogP contribution in [0.15, 0.2) is 10.6 Å². The fraction of sp³-hybridized carbons (Fsp3) is 0.792. The standard InChI is InChI=1S/C24H35F6NO8S2/c1-20(2,15-38-19(33)22(5,6)41(36,37)12-8-10-24(28,29)30)17-13-16(39-31-17)14-18(32)21(3,4)40(34,35)11-7-9-23(25,26)27/h13H,7-12,14-15H2,1-6H3. The molecule has 1 heterocycles. The molecular weight excluding hydrogens is 608 g/mol. The summed E-state index contributed by atoms with van der Waals surface area (Å²) >= 11 is 0. The van der Waals surface area contributed by atoms with Gasteiger partial charge in [0.1, 0.15) is 17.1 Å². The van der Waals surface area contributed by atoms with Crippen molar-refractivity contribution in [3.8, 4) is 0 Å². The van der Waals surface area contributed by atoms with Crippen LogP contribution in [0.1, 0.15) is 78.7 Å². The molecule has 0 N–H and O–H groups in total. The van der Waals surface area contributed by atoms with Gasteiger partial charge < -0.3 is 9.26 Å². The molecule has 1 rings (SSSR count). The smallest absolute Gasteiger partial charge is 0.389 e. The number of sulfone groups is 2. The zero-order valence-corrected chi connectivity index (χ0v) is 25.2. The highest BCUT2D eigenvalue weighted by Gasteiger charge is 2.45. The summed E-state index contributed by atoms with van der Waals surface area (Å²) < 4.78 is 131. The maximum absolute atomic E-state index is 12.8. The number of esters is 1. The topological polar surface area (TPSA) is 138 Å². The number of hydrogen-bond donors (Lipinski definition) is 0. The summed E-state index contributed by atoms with van der Waals surface area (Å²) in [4.78, 5) is 25.4. The highest BCUT2D eigenvalue weighted by atomic mass is 32.2. The number of hydrogen-bond acceptors (Lipinski definition) is 9. The van der Waals surface area contributed by atoms with Gasteiger partial charge in [-0.25, -0.2) is 16.8 Å². The fourth-order valence-corrected chi connectivity index (χ4v) is 6.12. The minimum Gasteiger partial charge on any atom is -0.464 e. The lowest BCUT2D eigenvalue weighted by Crippen LogP contribution is -2.44. The predicted octanol–water partition coefficient (Wildman–Crippen LogP) is 4.68. The highest BCUT2D eigenvalue weighted by molar-refractivity contribution is 7.93. The van der Waals surface area contributed by atoms with Gasteiger partial charge in [0.2, 0.25) is 0 Å². The summed E-state index contributed by atoms with van der Waals surface area (Å²) in [6.45, 7) is 6.82. The van der Waals surface area contributed by atoms with E-state index in [9.17, 15) is 52.8 Å². The van der Waals surface area contributed by atoms with Crippen LogP contribution in [0, 0.1) is 0 Å². The van der Waals surface area contributed by atoms with Gasteiger partial charge >= 0.3 is 18.3 Å². The molecule has 0 aliphatic rings. The Balaban J connectivity index is 2.88. The second kappa shape index (κ2) is 12.6. The molecule has 0 saturated heterocycles. The van der Waals surface area contributed by atoms with Gasteiger partial charge in [0, 0.05) is 24.3 Å². The predicted molar refractivity (Wildman–Crippen MR) is 136 cm³/mol. The van der Waals surface area contributed by atoms with Crippen molar-refractivity contribution in [3.05, 3.63) is 17.5 Å². The SMILES string of the molecule is CC(C)(COC(=O)C(C)(C)S(=O)(=O)CCCC(F)(F)F)c1cc(CC(=O)C(C)(C)S(=O)(=O)CCCC(F)(F)F)on1. The molecule has 9 nitrogen and oxygen atoms in total. The first-order chi connectivity index (χ1) is 18.1. The molecule has 0 saturated carbocycles. The van der Waals surface area contributed by atoms with Crippen molar-refractivity contribution < 1.29 is 62.0 Å². The Bertz CT molecular complexity index is 1290. The number of alkyl halides is 6. The molecule has 0 bridgehead atoms. The number of rotatable bonds is 15. The maximum atomic E-state index is 12.8. The molecule has 0 aliphatic carbocycles. The number of carbonyl (C=O) groups excluding carboxylic acids is 2. The summed E-state index contributed by atoms with van der Waals surface area (Å²) in [7, 11) is -8.57.